The van der Waals surface area contributed by atoms with Crippen molar-refractivity contribution >= 4 is 0 Å². The van der Waals surface area contributed by atoms with Crippen LogP contribution < -0.4 is 5.73 Å². The fourth-order valence-corrected chi connectivity index (χ4v) is 1.78. The van der Waals surface area contributed by atoms with Gasteiger partial charge in [-0.15, -0.1) is 10.2 Å². The molecule has 2 heterocycles. The Bertz CT molecular complexity index is 323. The van der Waals surface area contributed by atoms with E-state index >= 15 is 0 Å². The highest BCUT2D eigenvalue weighted by atomic mass is 19.3. The van der Waals surface area contributed by atoms with Gasteiger partial charge in [-0.25, -0.2) is 8.78 Å². The Hall–Kier alpha value is -1.04. The van der Waals surface area contributed by atoms with E-state index in [1.165, 1.54) is 4.57 Å². The summed E-state index contributed by atoms with van der Waals surface area (Å²) < 4.78 is 26.3. The van der Waals surface area contributed by atoms with Crippen molar-refractivity contribution in [2.75, 3.05) is 6.54 Å². The molecule has 14 heavy (non-hydrogen) atoms. The molecule has 0 saturated heterocycles. The van der Waals surface area contributed by atoms with Gasteiger partial charge in [-0.1, -0.05) is 0 Å². The van der Waals surface area contributed by atoms with E-state index in [0.29, 0.717) is 31.3 Å². The predicted molar refractivity (Wildman–Crippen MR) is 45.8 cm³/mol. The molecule has 0 fully saturated rings. The second-order valence-corrected chi connectivity index (χ2v) is 3.52. The van der Waals surface area contributed by atoms with Crippen LogP contribution in [0.2, 0.25) is 0 Å². The van der Waals surface area contributed by atoms with Gasteiger partial charge in [-0.05, 0) is 18.9 Å². The first-order chi connectivity index (χ1) is 6.72. The largest absolute Gasteiger partial charge is 0.330 e. The molecule has 1 aromatic rings. The number of nitrogens with zero attached hydrogens (tertiary/aromatic N) is 3. The number of hydrogen-bond acceptors (Lipinski definition) is 3. The SMILES string of the molecule is NCC1CCn2c(nnc2C(F)F)C1. The van der Waals surface area contributed by atoms with Crippen LogP contribution in [0.3, 0.4) is 0 Å². The van der Waals surface area contributed by atoms with Gasteiger partial charge in [-0.2, -0.15) is 0 Å². The van der Waals surface area contributed by atoms with Crippen molar-refractivity contribution in [2.45, 2.75) is 25.8 Å². The molecule has 1 atom stereocenters. The zero-order chi connectivity index (χ0) is 10.1. The van der Waals surface area contributed by atoms with Crippen LogP contribution in [-0.2, 0) is 13.0 Å². The maximum Gasteiger partial charge on any atom is 0.297 e. The third kappa shape index (κ3) is 1.50. The molecule has 0 aliphatic carbocycles. The highest BCUT2D eigenvalue weighted by molar-refractivity contribution is 5.01. The summed E-state index contributed by atoms with van der Waals surface area (Å²) in [5, 5.41) is 7.24. The average molecular weight is 202 g/mol. The maximum absolute atomic E-state index is 12.4. The monoisotopic (exact) mass is 202 g/mol. The Morgan fingerprint density at radius 3 is 2.93 bits per heavy atom. The van der Waals surface area contributed by atoms with Crippen LogP contribution in [0, 0.1) is 5.92 Å². The molecule has 6 heteroatoms. The van der Waals surface area contributed by atoms with Crippen LogP contribution in [0.5, 0.6) is 0 Å². The Balaban J connectivity index is 2.25. The fourth-order valence-electron chi connectivity index (χ4n) is 1.78. The summed E-state index contributed by atoms with van der Waals surface area (Å²) in [6.45, 7) is 1.14. The van der Waals surface area contributed by atoms with Crippen molar-refractivity contribution in [1.29, 1.82) is 0 Å². The molecule has 0 spiro atoms. The van der Waals surface area contributed by atoms with E-state index in [-0.39, 0.29) is 5.82 Å². The molecule has 1 aliphatic heterocycles. The van der Waals surface area contributed by atoms with Gasteiger partial charge in [0.2, 0.25) is 0 Å². The van der Waals surface area contributed by atoms with Gasteiger partial charge in [0.05, 0.1) is 0 Å². The van der Waals surface area contributed by atoms with Crippen molar-refractivity contribution in [3.05, 3.63) is 11.6 Å². The minimum absolute atomic E-state index is 0.213. The van der Waals surface area contributed by atoms with Crippen LogP contribution in [0.25, 0.3) is 0 Å². The zero-order valence-electron chi connectivity index (χ0n) is 7.66. The lowest BCUT2D eigenvalue weighted by Crippen LogP contribution is -2.26. The Morgan fingerprint density at radius 2 is 2.29 bits per heavy atom. The van der Waals surface area contributed by atoms with Crippen molar-refractivity contribution in [3.8, 4) is 0 Å². The van der Waals surface area contributed by atoms with E-state index in [1.807, 2.05) is 0 Å². The van der Waals surface area contributed by atoms with Crippen molar-refractivity contribution in [3.63, 3.8) is 0 Å². The standard InChI is InChI=1S/C8H12F2N4/c9-7(10)8-13-12-6-3-5(4-11)1-2-14(6)8/h5,7H,1-4,11H2. The molecular weight excluding hydrogens is 190 g/mol. The first-order valence-corrected chi connectivity index (χ1v) is 4.62. The number of aromatic nitrogens is 3. The topological polar surface area (TPSA) is 56.7 Å². The van der Waals surface area contributed by atoms with Crippen LogP contribution in [-0.4, -0.2) is 21.3 Å². The van der Waals surface area contributed by atoms with Gasteiger partial charge in [0, 0.05) is 13.0 Å². The Morgan fingerprint density at radius 1 is 1.50 bits per heavy atom. The number of nitrogens with two attached hydrogens (primary N) is 1. The summed E-state index contributed by atoms with van der Waals surface area (Å²) in [4.78, 5) is 0. The molecular formula is C8H12F2N4. The number of fused-ring (bicyclic) bond motifs is 1. The number of hydrogen-bond donors (Lipinski definition) is 1. The van der Waals surface area contributed by atoms with E-state index in [4.69, 9.17) is 5.73 Å². The summed E-state index contributed by atoms with van der Waals surface area (Å²) in [7, 11) is 0. The summed E-state index contributed by atoms with van der Waals surface area (Å²) in [5.74, 6) is 0.787. The van der Waals surface area contributed by atoms with Gasteiger partial charge in [0.1, 0.15) is 5.82 Å². The summed E-state index contributed by atoms with van der Waals surface area (Å²) in [6, 6.07) is 0. The highest BCUT2D eigenvalue weighted by Gasteiger charge is 2.25. The van der Waals surface area contributed by atoms with Gasteiger partial charge < -0.3 is 10.3 Å². The second-order valence-electron chi connectivity index (χ2n) is 3.52. The highest BCUT2D eigenvalue weighted by Crippen LogP contribution is 2.24. The van der Waals surface area contributed by atoms with E-state index in [0.717, 1.165) is 6.42 Å². The molecule has 0 bridgehead atoms. The second kappa shape index (κ2) is 3.61. The van der Waals surface area contributed by atoms with E-state index in [9.17, 15) is 8.78 Å². The molecule has 1 unspecified atom stereocenters. The van der Waals surface area contributed by atoms with Gasteiger partial charge in [0.15, 0.2) is 5.82 Å². The average Bonchev–Trinajstić information content (AvgIpc) is 2.59. The van der Waals surface area contributed by atoms with Crippen molar-refractivity contribution < 1.29 is 8.78 Å². The minimum Gasteiger partial charge on any atom is -0.330 e. The number of rotatable bonds is 2. The Kier molecular flexibility index (Phi) is 2.45. The molecule has 0 aromatic carbocycles. The number of alkyl halides is 2. The maximum atomic E-state index is 12.4. The van der Waals surface area contributed by atoms with Crippen LogP contribution in [0.15, 0.2) is 0 Å². The normalized spacial score (nSPS) is 21.3. The lowest BCUT2D eigenvalue weighted by Gasteiger charge is -2.21. The molecule has 2 rings (SSSR count). The number of halogens is 2. The minimum atomic E-state index is -2.54. The third-order valence-corrected chi connectivity index (χ3v) is 2.62. The fraction of sp³-hybridized carbons (Fsp3) is 0.750. The van der Waals surface area contributed by atoms with Gasteiger partial charge >= 0.3 is 0 Å². The first kappa shape index (κ1) is 9.51. The lowest BCUT2D eigenvalue weighted by atomic mass is 9.98. The van der Waals surface area contributed by atoms with Crippen molar-refractivity contribution in [2.24, 2.45) is 11.7 Å². The van der Waals surface area contributed by atoms with E-state index in [1.54, 1.807) is 0 Å². The molecule has 0 saturated carbocycles. The van der Waals surface area contributed by atoms with Crippen LogP contribution in [0.1, 0.15) is 24.5 Å². The summed E-state index contributed by atoms with van der Waals surface area (Å²) in [5.41, 5.74) is 5.52. The zero-order valence-corrected chi connectivity index (χ0v) is 7.66. The third-order valence-electron chi connectivity index (χ3n) is 2.62. The summed E-state index contributed by atoms with van der Waals surface area (Å²) in [6.07, 6.45) is -1.04. The van der Waals surface area contributed by atoms with Crippen LogP contribution in [0.4, 0.5) is 8.78 Å². The van der Waals surface area contributed by atoms with Gasteiger partial charge in [0.25, 0.3) is 6.43 Å². The van der Waals surface area contributed by atoms with Crippen LogP contribution >= 0.6 is 0 Å². The van der Waals surface area contributed by atoms with E-state index in [2.05, 4.69) is 10.2 Å². The quantitative estimate of drug-likeness (QED) is 0.769. The lowest BCUT2D eigenvalue weighted by molar-refractivity contribution is 0.132. The summed E-state index contributed by atoms with van der Waals surface area (Å²) >= 11 is 0. The van der Waals surface area contributed by atoms with Gasteiger partial charge in [-0.3, -0.25) is 0 Å². The van der Waals surface area contributed by atoms with Crippen molar-refractivity contribution in [1.82, 2.24) is 14.8 Å². The predicted octanol–water partition coefficient (Wildman–Crippen LogP) is 0.737. The molecule has 1 aromatic heterocycles. The molecule has 78 valence electrons. The Labute approximate surface area is 80.1 Å². The smallest absolute Gasteiger partial charge is 0.297 e. The molecule has 4 nitrogen and oxygen atoms in total. The van der Waals surface area contributed by atoms with E-state index < -0.39 is 6.43 Å². The molecule has 2 N–H and O–H groups in total. The molecule has 0 amide bonds. The molecule has 1 aliphatic rings. The first-order valence-electron chi connectivity index (χ1n) is 4.62. The molecule has 0 radical (unpaired) electrons.